The van der Waals surface area contributed by atoms with Gasteiger partial charge in [-0.2, -0.15) is 10.2 Å². The van der Waals surface area contributed by atoms with E-state index in [1.807, 2.05) is 60.7 Å². The molecule has 2 aromatic heterocycles. The maximum absolute atomic E-state index is 11.0. The molecular weight excluding hydrogens is 591 g/mol. The minimum Gasteiger partial charge on any atom is -0.505 e. The molecule has 0 amide bonds. The van der Waals surface area contributed by atoms with Crippen LogP contribution in [0.4, 0.5) is 22.7 Å². The molecule has 0 aliphatic rings. The van der Waals surface area contributed by atoms with Crippen LogP contribution in [-0.2, 0) is 16.8 Å². The smallest absolute Gasteiger partial charge is 0.153 e. The van der Waals surface area contributed by atoms with Crippen LogP contribution in [0.3, 0.4) is 0 Å². The number of carbonyl (C=O) groups excluding carboxylic acids is 2. The fourth-order valence-corrected chi connectivity index (χ4v) is 4.02. The summed E-state index contributed by atoms with van der Waals surface area (Å²) in [5.74, 6) is -0.279. The Labute approximate surface area is 255 Å². The monoisotopic (exact) mass is 613 g/mol. The molecule has 2 heterocycles. The SMILES string of the molecule is O=Cc1cc(N=Nc2ccccc2)c2cccnc2c1O.O=Cc1cc(N=Nc2ccccc2)c2cccnc2c1O.[Co]. The molecule has 6 aromatic rings. The normalized spacial score (nSPS) is 10.8. The molecule has 11 heteroatoms. The van der Waals surface area contributed by atoms with Crippen LogP contribution in [0.2, 0.25) is 0 Å². The van der Waals surface area contributed by atoms with Crippen molar-refractivity contribution in [3.8, 4) is 11.5 Å². The van der Waals surface area contributed by atoms with Crippen molar-refractivity contribution in [1.82, 2.24) is 9.97 Å². The number of carbonyl (C=O) groups is 2. The number of nitrogens with zero attached hydrogens (tertiary/aromatic N) is 6. The van der Waals surface area contributed by atoms with Gasteiger partial charge in [-0.1, -0.05) is 36.4 Å². The third kappa shape index (κ3) is 6.99. The van der Waals surface area contributed by atoms with Crippen LogP contribution < -0.4 is 0 Å². The van der Waals surface area contributed by atoms with Crippen molar-refractivity contribution in [2.75, 3.05) is 0 Å². The number of hydrogen-bond donors (Lipinski definition) is 2. The minimum absolute atomic E-state index is 0. The van der Waals surface area contributed by atoms with Crippen LogP contribution in [0.1, 0.15) is 20.7 Å². The van der Waals surface area contributed by atoms with E-state index in [2.05, 4.69) is 30.4 Å². The standard InChI is InChI=1S/2C16H11N3O2.Co/c2*20-10-11-9-14(19-18-12-5-2-1-3-6-12)13-7-4-8-17-15(13)16(11)21;/h2*1-10,21H;. The zero-order valence-electron chi connectivity index (χ0n) is 22.3. The molecule has 6 rings (SSSR count). The van der Waals surface area contributed by atoms with Crippen molar-refractivity contribution in [2.24, 2.45) is 20.5 Å². The molecule has 0 aliphatic heterocycles. The summed E-state index contributed by atoms with van der Waals surface area (Å²) in [6.45, 7) is 0. The number of aromatic nitrogens is 2. The van der Waals surface area contributed by atoms with Gasteiger partial charge in [0.25, 0.3) is 0 Å². The van der Waals surface area contributed by atoms with Gasteiger partial charge < -0.3 is 10.2 Å². The fourth-order valence-electron chi connectivity index (χ4n) is 4.02. The van der Waals surface area contributed by atoms with E-state index in [0.29, 0.717) is 57.1 Å². The Kier molecular flexibility index (Phi) is 10.1. The largest absolute Gasteiger partial charge is 0.505 e. The van der Waals surface area contributed by atoms with E-state index in [-0.39, 0.29) is 39.4 Å². The number of aromatic hydroxyl groups is 2. The summed E-state index contributed by atoms with van der Waals surface area (Å²) in [6.07, 6.45) is 4.25. The maximum atomic E-state index is 11.0. The molecule has 0 saturated heterocycles. The molecule has 213 valence electrons. The number of hydrogen-bond acceptors (Lipinski definition) is 10. The Morgan fingerprint density at radius 3 is 1.30 bits per heavy atom. The number of aldehydes is 2. The Bertz CT molecular complexity index is 1810. The Morgan fingerprint density at radius 2 is 0.930 bits per heavy atom. The van der Waals surface area contributed by atoms with E-state index in [1.54, 1.807) is 36.7 Å². The fraction of sp³-hybridized carbons (Fsp3) is 0. The van der Waals surface area contributed by atoms with Crippen LogP contribution in [0.5, 0.6) is 11.5 Å². The van der Waals surface area contributed by atoms with Crippen molar-refractivity contribution < 1.29 is 36.6 Å². The molecule has 2 N–H and O–H groups in total. The second-order valence-corrected chi connectivity index (χ2v) is 8.77. The van der Waals surface area contributed by atoms with E-state index in [4.69, 9.17) is 0 Å². The predicted octanol–water partition coefficient (Wildman–Crippen LogP) is 8.33. The van der Waals surface area contributed by atoms with E-state index in [9.17, 15) is 19.8 Å². The molecule has 10 nitrogen and oxygen atoms in total. The Balaban J connectivity index is 0.000000192. The quantitative estimate of drug-likeness (QED) is 0.142. The molecule has 0 atom stereocenters. The van der Waals surface area contributed by atoms with E-state index < -0.39 is 0 Å². The van der Waals surface area contributed by atoms with Gasteiger partial charge in [-0.05, 0) is 60.7 Å². The zero-order chi connectivity index (χ0) is 29.3. The number of benzene rings is 4. The second-order valence-electron chi connectivity index (χ2n) is 8.77. The third-order valence-electron chi connectivity index (χ3n) is 6.06. The van der Waals surface area contributed by atoms with Gasteiger partial charge in [0.2, 0.25) is 0 Å². The summed E-state index contributed by atoms with van der Waals surface area (Å²) in [7, 11) is 0. The van der Waals surface area contributed by atoms with Gasteiger partial charge in [-0.15, -0.1) is 10.2 Å². The molecule has 4 aromatic carbocycles. The predicted molar refractivity (Wildman–Crippen MR) is 159 cm³/mol. The summed E-state index contributed by atoms with van der Waals surface area (Å²) < 4.78 is 0. The summed E-state index contributed by atoms with van der Waals surface area (Å²) >= 11 is 0. The van der Waals surface area contributed by atoms with Crippen molar-refractivity contribution in [1.29, 1.82) is 0 Å². The Hall–Kier alpha value is -5.65. The van der Waals surface area contributed by atoms with E-state index in [0.717, 1.165) is 0 Å². The molecule has 0 aliphatic carbocycles. The molecule has 0 bridgehead atoms. The van der Waals surface area contributed by atoms with Gasteiger partial charge in [0.15, 0.2) is 24.1 Å². The van der Waals surface area contributed by atoms with E-state index in [1.165, 1.54) is 12.1 Å². The minimum atomic E-state index is -0.140. The van der Waals surface area contributed by atoms with Gasteiger partial charge >= 0.3 is 0 Å². The average molecular weight is 613 g/mol. The molecule has 1 radical (unpaired) electrons. The molecule has 0 saturated carbocycles. The first-order valence-corrected chi connectivity index (χ1v) is 12.6. The number of phenols is 2. The molecule has 0 fully saturated rings. The molecule has 0 unspecified atom stereocenters. The summed E-state index contributed by atoms with van der Waals surface area (Å²) in [4.78, 5) is 30.3. The first-order valence-electron chi connectivity index (χ1n) is 12.6. The van der Waals surface area contributed by atoms with Crippen LogP contribution in [0.25, 0.3) is 21.8 Å². The topological polar surface area (TPSA) is 150 Å². The first-order chi connectivity index (χ1) is 20.6. The van der Waals surface area contributed by atoms with Crippen molar-refractivity contribution >= 4 is 57.1 Å². The van der Waals surface area contributed by atoms with Crippen molar-refractivity contribution in [3.63, 3.8) is 0 Å². The number of azo groups is 2. The summed E-state index contributed by atoms with van der Waals surface area (Å²) in [6, 6.07) is 28.6. The summed E-state index contributed by atoms with van der Waals surface area (Å²) in [5.41, 5.74) is 3.34. The van der Waals surface area contributed by atoms with Crippen LogP contribution in [0, 0.1) is 0 Å². The van der Waals surface area contributed by atoms with Gasteiger partial charge in [-0.3, -0.25) is 19.6 Å². The number of fused-ring (bicyclic) bond motifs is 2. The van der Waals surface area contributed by atoms with Gasteiger partial charge in [0.05, 0.1) is 33.9 Å². The molecule has 43 heavy (non-hydrogen) atoms. The number of pyridine rings is 2. The van der Waals surface area contributed by atoms with Crippen molar-refractivity contribution in [2.45, 2.75) is 0 Å². The van der Waals surface area contributed by atoms with Crippen LogP contribution in [0.15, 0.2) is 130 Å². The average Bonchev–Trinajstić information content (AvgIpc) is 3.05. The van der Waals surface area contributed by atoms with Gasteiger partial charge in [-0.25, -0.2) is 0 Å². The second kappa shape index (κ2) is 14.3. The van der Waals surface area contributed by atoms with Crippen molar-refractivity contribution in [3.05, 3.63) is 121 Å². The third-order valence-corrected chi connectivity index (χ3v) is 6.06. The van der Waals surface area contributed by atoms with Crippen LogP contribution >= 0.6 is 0 Å². The number of rotatable bonds is 6. The van der Waals surface area contributed by atoms with Gasteiger partial charge in [0.1, 0.15) is 11.0 Å². The molecular formula is C32H22CoN6O4. The number of phenolic OH excluding ortho intramolecular Hbond substituents is 2. The zero-order valence-corrected chi connectivity index (χ0v) is 23.3. The Morgan fingerprint density at radius 1 is 0.535 bits per heavy atom. The summed E-state index contributed by atoms with van der Waals surface area (Å²) in [5, 5.41) is 37.9. The molecule has 0 spiro atoms. The van der Waals surface area contributed by atoms with E-state index >= 15 is 0 Å². The maximum Gasteiger partial charge on any atom is 0.153 e. The van der Waals surface area contributed by atoms with Crippen LogP contribution in [-0.4, -0.2) is 32.8 Å². The first kappa shape index (κ1) is 30.3. The van der Waals surface area contributed by atoms with Gasteiger partial charge in [0, 0.05) is 39.9 Å².